The number of benzene rings is 1. The van der Waals surface area contributed by atoms with E-state index in [1.54, 1.807) is 0 Å². The van der Waals surface area contributed by atoms with Gasteiger partial charge in [0.1, 0.15) is 0 Å². The van der Waals surface area contributed by atoms with Crippen molar-refractivity contribution in [3.63, 3.8) is 0 Å². The minimum Gasteiger partial charge on any atom is -0.390 e. The lowest BCUT2D eigenvalue weighted by molar-refractivity contribution is 0.277. The molecule has 0 aliphatic rings. The SMILES string of the molecule is O=c1cc(CO)[nH]c(-c2ccccc2)c1. The molecule has 0 saturated heterocycles. The van der Waals surface area contributed by atoms with Gasteiger partial charge in [0.05, 0.1) is 6.61 Å². The molecule has 2 rings (SSSR count). The fourth-order valence-electron chi connectivity index (χ4n) is 1.46. The molecule has 0 radical (unpaired) electrons. The average molecular weight is 201 g/mol. The third kappa shape index (κ3) is 2.14. The lowest BCUT2D eigenvalue weighted by atomic mass is 10.1. The van der Waals surface area contributed by atoms with E-state index in [1.165, 1.54) is 12.1 Å². The molecule has 0 spiro atoms. The van der Waals surface area contributed by atoms with E-state index in [4.69, 9.17) is 5.11 Å². The Balaban J connectivity index is 2.54. The Hall–Kier alpha value is -1.87. The van der Waals surface area contributed by atoms with Gasteiger partial charge in [-0.15, -0.1) is 0 Å². The smallest absolute Gasteiger partial charge is 0.182 e. The normalized spacial score (nSPS) is 10.2. The number of rotatable bonds is 2. The molecule has 1 heterocycles. The monoisotopic (exact) mass is 201 g/mol. The Labute approximate surface area is 87.0 Å². The molecule has 3 heteroatoms. The van der Waals surface area contributed by atoms with Crippen LogP contribution in [0.3, 0.4) is 0 Å². The van der Waals surface area contributed by atoms with Gasteiger partial charge in [0.2, 0.25) is 0 Å². The van der Waals surface area contributed by atoms with Crippen LogP contribution in [0.4, 0.5) is 0 Å². The molecule has 0 unspecified atom stereocenters. The summed E-state index contributed by atoms with van der Waals surface area (Å²) in [5.41, 5.74) is 2.09. The van der Waals surface area contributed by atoms with Gasteiger partial charge < -0.3 is 10.1 Å². The lowest BCUT2D eigenvalue weighted by Gasteiger charge is -2.03. The van der Waals surface area contributed by atoms with Crippen LogP contribution in [0.1, 0.15) is 5.69 Å². The van der Waals surface area contributed by atoms with Crippen molar-refractivity contribution >= 4 is 0 Å². The number of aromatic amines is 1. The molecule has 0 bridgehead atoms. The highest BCUT2D eigenvalue weighted by atomic mass is 16.3. The van der Waals surface area contributed by atoms with Crippen LogP contribution >= 0.6 is 0 Å². The standard InChI is InChI=1S/C12H11NO2/c14-8-10-6-11(15)7-12(13-10)9-4-2-1-3-5-9/h1-7,14H,8H2,(H,13,15). The van der Waals surface area contributed by atoms with Crippen LogP contribution in [0.2, 0.25) is 0 Å². The molecule has 0 amide bonds. The second-order valence-electron chi connectivity index (χ2n) is 3.28. The Kier molecular flexibility index (Phi) is 2.65. The van der Waals surface area contributed by atoms with Crippen molar-refractivity contribution in [3.05, 3.63) is 58.4 Å². The minimum absolute atomic E-state index is 0.100. The summed E-state index contributed by atoms with van der Waals surface area (Å²) in [6.07, 6.45) is 0. The van der Waals surface area contributed by atoms with E-state index in [9.17, 15) is 4.79 Å². The molecular formula is C12H11NO2. The van der Waals surface area contributed by atoms with E-state index in [0.29, 0.717) is 5.69 Å². The van der Waals surface area contributed by atoms with Gasteiger partial charge in [0.25, 0.3) is 0 Å². The molecule has 0 atom stereocenters. The van der Waals surface area contributed by atoms with Crippen molar-refractivity contribution in [3.8, 4) is 11.3 Å². The van der Waals surface area contributed by atoms with Crippen LogP contribution in [0, 0.1) is 0 Å². The molecule has 1 aromatic heterocycles. The first-order chi connectivity index (χ1) is 7.29. The van der Waals surface area contributed by atoms with E-state index in [-0.39, 0.29) is 12.0 Å². The highest BCUT2D eigenvalue weighted by molar-refractivity contribution is 5.58. The fourth-order valence-corrected chi connectivity index (χ4v) is 1.46. The molecule has 15 heavy (non-hydrogen) atoms. The molecule has 0 aliphatic heterocycles. The highest BCUT2D eigenvalue weighted by Gasteiger charge is 2.00. The van der Waals surface area contributed by atoms with Crippen molar-refractivity contribution in [2.75, 3.05) is 0 Å². The number of nitrogens with one attached hydrogen (secondary N) is 1. The maximum Gasteiger partial charge on any atom is 0.182 e. The summed E-state index contributed by atoms with van der Waals surface area (Å²) < 4.78 is 0. The first-order valence-corrected chi connectivity index (χ1v) is 4.69. The maximum atomic E-state index is 11.3. The zero-order valence-corrected chi connectivity index (χ0v) is 8.10. The minimum atomic E-state index is -0.157. The predicted octanol–water partition coefficient (Wildman–Crippen LogP) is 1.53. The first-order valence-electron chi connectivity index (χ1n) is 4.69. The largest absolute Gasteiger partial charge is 0.390 e. The number of hydrogen-bond donors (Lipinski definition) is 2. The summed E-state index contributed by atoms with van der Waals surface area (Å²) in [5, 5.41) is 8.96. The number of pyridine rings is 1. The zero-order valence-electron chi connectivity index (χ0n) is 8.10. The molecule has 0 aliphatic carbocycles. The second-order valence-corrected chi connectivity index (χ2v) is 3.28. The van der Waals surface area contributed by atoms with Crippen LogP contribution in [-0.2, 0) is 6.61 Å². The molecule has 1 aromatic carbocycles. The van der Waals surface area contributed by atoms with Crippen LogP contribution in [0.15, 0.2) is 47.3 Å². The van der Waals surface area contributed by atoms with Crippen molar-refractivity contribution in [2.45, 2.75) is 6.61 Å². The molecule has 76 valence electrons. The van der Waals surface area contributed by atoms with Crippen molar-refractivity contribution in [1.29, 1.82) is 0 Å². The van der Waals surface area contributed by atoms with Gasteiger partial charge in [0, 0.05) is 23.5 Å². The van der Waals surface area contributed by atoms with Crippen LogP contribution in [-0.4, -0.2) is 10.1 Å². The third-order valence-corrected chi connectivity index (χ3v) is 2.15. The number of aliphatic hydroxyl groups is 1. The van der Waals surface area contributed by atoms with E-state index in [2.05, 4.69) is 4.98 Å². The van der Waals surface area contributed by atoms with Gasteiger partial charge in [-0.3, -0.25) is 4.79 Å². The Bertz CT molecular complexity index is 503. The third-order valence-electron chi connectivity index (χ3n) is 2.15. The predicted molar refractivity (Wildman–Crippen MR) is 58.4 cm³/mol. The first kappa shape index (κ1) is 9.68. The van der Waals surface area contributed by atoms with Gasteiger partial charge >= 0.3 is 0 Å². The molecule has 0 saturated carbocycles. The molecule has 0 fully saturated rings. The van der Waals surface area contributed by atoms with Crippen LogP contribution < -0.4 is 5.43 Å². The maximum absolute atomic E-state index is 11.3. The Morgan fingerprint density at radius 3 is 2.53 bits per heavy atom. The quantitative estimate of drug-likeness (QED) is 0.774. The van der Waals surface area contributed by atoms with Crippen LogP contribution in [0.5, 0.6) is 0 Å². The van der Waals surface area contributed by atoms with Gasteiger partial charge in [0.15, 0.2) is 5.43 Å². The van der Waals surface area contributed by atoms with E-state index < -0.39 is 0 Å². The summed E-state index contributed by atoms with van der Waals surface area (Å²) in [4.78, 5) is 14.3. The van der Waals surface area contributed by atoms with Gasteiger partial charge in [-0.05, 0) is 5.56 Å². The van der Waals surface area contributed by atoms with Crippen molar-refractivity contribution in [1.82, 2.24) is 4.98 Å². The lowest BCUT2D eigenvalue weighted by Crippen LogP contribution is -2.04. The summed E-state index contributed by atoms with van der Waals surface area (Å²) in [5.74, 6) is 0. The number of aromatic nitrogens is 1. The number of aliphatic hydroxyl groups excluding tert-OH is 1. The van der Waals surface area contributed by atoms with Gasteiger partial charge in [-0.1, -0.05) is 30.3 Å². The second kappa shape index (κ2) is 4.11. The summed E-state index contributed by atoms with van der Waals surface area (Å²) in [6, 6.07) is 12.5. The zero-order chi connectivity index (χ0) is 10.7. The van der Waals surface area contributed by atoms with Gasteiger partial charge in [-0.2, -0.15) is 0 Å². The Morgan fingerprint density at radius 1 is 1.13 bits per heavy atom. The van der Waals surface area contributed by atoms with Gasteiger partial charge in [-0.25, -0.2) is 0 Å². The average Bonchev–Trinajstić information content (AvgIpc) is 2.29. The summed E-state index contributed by atoms with van der Waals surface area (Å²) in [7, 11) is 0. The van der Waals surface area contributed by atoms with E-state index >= 15 is 0 Å². The van der Waals surface area contributed by atoms with E-state index in [0.717, 1.165) is 11.3 Å². The highest BCUT2D eigenvalue weighted by Crippen LogP contribution is 2.14. The number of H-pyrrole nitrogens is 1. The number of hydrogen-bond acceptors (Lipinski definition) is 2. The van der Waals surface area contributed by atoms with E-state index in [1.807, 2.05) is 30.3 Å². The molecule has 2 N–H and O–H groups in total. The fraction of sp³-hybridized carbons (Fsp3) is 0.0833. The summed E-state index contributed by atoms with van der Waals surface area (Å²) >= 11 is 0. The van der Waals surface area contributed by atoms with Crippen molar-refractivity contribution in [2.24, 2.45) is 0 Å². The summed E-state index contributed by atoms with van der Waals surface area (Å²) in [6.45, 7) is -0.157. The molecule has 3 nitrogen and oxygen atoms in total. The topological polar surface area (TPSA) is 53.1 Å². The molecule has 2 aromatic rings. The van der Waals surface area contributed by atoms with Crippen molar-refractivity contribution < 1.29 is 5.11 Å². The Morgan fingerprint density at radius 2 is 1.87 bits per heavy atom. The molecular weight excluding hydrogens is 190 g/mol. The van der Waals surface area contributed by atoms with Crippen LogP contribution in [0.25, 0.3) is 11.3 Å².